The van der Waals surface area contributed by atoms with Gasteiger partial charge in [0.05, 0.1) is 13.2 Å². The molecule has 0 aromatic carbocycles. The van der Waals surface area contributed by atoms with Crippen LogP contribution >= 0.6 is 0 Å². The van der Waals surface area contributed by atoms with E-state index in [0.29, 0.717) is 5.92 Å². The molecule has 0 aromatic rings. The summed E-state index contributed by atoms with van der Waals surface area (Å²) in [6, 6.07) is 0. The summed E-state index contributed by atoms with van der Waals surface area (Å²) in [5.41, 5.74) is -0.255. The quantitative estimate of drug-likeness (QED) is 0.584. The Labute approximate surface area is 67.6 Å². The third-order valence-electron chi connectivity index (χ3n) is 2.86. The molecule has 0 spiro atoms. The van der Waals surface area contributed by atoms with Crippen LogP contribution in [-0.2, 0) is 0 Å². The van der Waals surface area contributed by atoms with Crippen LogP contribution in [-0.4, -0.2) is 23.4 Å². The fourth-order valence-electron chi connectivity index (χ4n) is 1.56. The molecule has 64 valence electrons. The van der Waals surface area contributed by atoms with Gasteiger partial charge in [0.25, 0.3) is 0 Å². The number of allylic oxidation sites excluding steroid dienone is 2. The first-order valence-electron chi connectivity index (χ1n) is 4.12. The fraction of sp³-hybridized carbons (Fsp3) is 0.778. The Morgan fingerprint density at radius 1 is 1.36 bits per heavy atom. The Balaban J connectivity index is 2.72. The normalized spacial score (nSPS) is 28.8. The lowest BCUT2D eigenvalue weighted by atomic mass is 9.71. The van der Waals surface area contributed by atoms with Gasteiger partial charge in [0.2, 0.25) is 0 Å². The molecule has 2 heteroatoms. The van der Waals surface area contributed by atoms with Gasteiger partial charge in [-0.1, -0.05) is 19.1 Å². The van der Waals surface area contributed by atoms with E-state index in [1.165, 1.54) is 0 Å². The third-order valence-corrected chi connectivity index (χ3v) is 2.86. The van der Waals surface area contributed by atoms with Gasteiger partial charge in [0.15, 0.2) is 0 Å². The van der Waals surface area contributed by atoms with Crippen molar-refractivity contribution < 1.29 is 10.2 Å². The molecule has 2 nitrogen and oxygen atoms in total. The predicted molar refractivity (Wildman–Crippen MR) is 44.1 cm³/mol. The van der Waals surface area contributed by atoms with E-state index in [9.17, 15) is 0 Å². The molecule has 0 aromatic heterocycles. The highest BCUT2D eigenvalue weighted by molar-refractivity contribution is 5.00. The summed E-state index contributed by atoms with van der Waals surface area (Å²) in [5, 5.41) is 18.2. The predicted octanol–water partition coefficient (Wildman–Crippen LogP) is 0.944. The van der Waals surface area contributed by atoms with E-state index in [4.69, 9.17) is 10.2 Å². The number of aliphatic hydroxyl groups is 2. The highest BCUT2D eigenvalue weighted by atomic mass is 16.3. The van der Waals surface area contributed by atoms with E-state index in [0.717, 1.165) is 12.8 Å². The van der Waals surface area contributed by atoms with E-state index in [-0.39, 0.29) is 18.6 Å². The van der Waals surface area contributed by atoms with Crippen LogP contribution in [0.25, 0.3) is 0 Å². The van der Waals surface area contributed by atoms with Crippen molar-refractivity contribution in [2.75, 3.05) is 13.2 Å². The fourth-order valence-corrected chi connectivity index (χ4v) is 1.56. The van der Waals surface area contributed by atoms with Crippen LogP contribution in [0.2, 0.25) is 0 Å². The van der Waals surface area contributed by atoms with Crippen molar-refractivity contribution in [1.82, 2.24) is 0 Å². The molecule has 0 aliphatic heterocycles. The summed E-state index contributed by atoms with van der Waals surface area (Å²) in [5.74, 6) is 0.391. The average molecular weight is 156 g/mol. The number of hydrogen-bond acceptors (Lipinski definition) is 2. The van der Waals surface area contributed by atoms with Crippen molar-refractivity contribution in [3.05, 3.63) is 12.2 Å². The van der Waals surface area contributed by atoms with E-state index >= 15 is 0 Å². The number of aliphatic hydroxyl groups excluding tert-OH is 2. The molecule has 0 saturated heterocycles. The van der Waals surface area contributed by atoms with Crippen LogP contribution in [0.15, 0.2) is 12.2 Å². The Hall–Kier alpha value is -0.340. The van der Waals surface area contributed by atoms with Gasteiger partial charge in [-0.25, -0.2) is 0 Å². The van der Waals surface area contributed by atoms with Crippen molar-refractivity contribution in [3.8, 4) is 0 Å². The minimum atomic E-state index is -0.255. The number of hydrogen-bond donors (Lipinski definition) is 2. The summed E-state index contributed by atoms with van der Waals surface area (Å²) in [6.07, 6.45) is 5.95. The summed E-state index contributed by atoms with van der Waals surface area (Å²) in [6.45, 7) is 2.26. The number of rotatable bonds is 2. The lowest BCUT2D eigenvalue weighted by molar-refractivity contribution is 0.00909. The maximum absolute atomic E-state index is 9.12. The molecule has 0 heterocycles. The van der Waals surface area contributed by atoms with E-state index in [1.54, 1.807) is 0 Å². The van der Waals surface area contributed by atoms with E-state index in [1.807, 2.05) is 6.08 Å². The lowest BCUT2D eigenvalue weighted by Gasteiger charge is -2.37. The largest absolute Gasteiger partial charge is 0.396 e. The first-order valence-corrected chi connectivity index (χ1v) is 4.12. The Morgan fingerprint density at radius 2 is 2.00 bits per heavy atom. The van der Waals surface area contributed by atoms with Crippen molar-refractivity contribution in [3.63, 3.8) is 0 Å². The van der Waals surface area contributed by atoms with Crippen molar-refractivity contribution in [1.29, 1.82) is 0 Å². The lowest BCUT2D eigenvalue weighted by Crippen LogP contribution is -2.37. The average Bonchev–Trinajstić information content (AvgIpc) is 2.06. The van der Waals surface area contributed by atoms with Crippen LogP contribution in [0.5, 0.6) is 0 Å². The van der Waals surface area contributed by atoms with Crippen molar-refractivity contribution in [2.24, 2.45) is 11.3 Å². The van der Waals surface area contributed by atoms with Crippen LogP contribution in [0.3, 0.4) is 0 Å². The van der Waals surface area contributed by atoms with E-state index < -0.39 is 0 Å². The van der Waals surface area contributed by atoms with Crippen LogP contribution in [0.4, 0.5) is 0 Å². The second-order valence-electron chi connectivity index (χ2n) is 3.49. The highest BCUT2D eigenvalue weighted by Gasteiger charge is 2.34. The SMILES string of the molecule is C[C@H]1CC=CCC1(CO)CO. The van der Waals surface area contributed by atoms with Gasteiger partial charge in [-0.15, -0.1) is 0 Å². The second kappa shape index (κ2) is 3.37. The molecule has 11 heavy (non-hydrogen) atoms. The smallest absolute Gasteiger partial charge is 0.0515 e. The van der Waals surface area contributed by atoms with E-state index in [2.05, 4.69) is 13.0 Å². The van der Waals surface area contributed by atoms with Gasteiger partial charge in [0.1, 0.15) is 0 Å². The summed E-state index contributed by atoms with van der Waals surface area (Å²) < 4.78 is 0. The zero-order valence-corrected chi connectivity index (χ0v) is 6.95. The molecule has 1 atom stereocenters. The highest BCUT2D eigenvalue weighted by Crippen LogP contribution is 2.36. The topological polar surface area (TPSA) is 40.5 Å². The van der Waals surface area contributed by atoms with Gasteiger partial charge in [0, 0.05) is 5.41 Å². The van der Waals surface area contributed by atoms with Gasteiger partial charge in [-0.05, 0) is 18.8 Å². The monoisotopic (exact) mass is 156 g/mol. The summed E-state index contributed by atoms with van der Waals surface area (Å²) >= 11 is 0. The molecule has 0 bridgehead atoms. The van der Waals surface area contributed by atoms with Gasteiger partial charge < -0.3 is 10.2 Å². The van der Waals surface area contributed by atoms with Crippen LogP contribution in [0.1, 0.15) is 19.8 Å². The molecular weight excluding hydrogens is 140 g/mol. The maximum Gasteiger partial charge on any atom is 0.0515 e. The zero-order valence-electron chi connectivity index (χ0n) is 6.95. The molecule has 0 unspecified atom stereocenters. The minimum absolute atomic E-state index is 0.0923. The summed E-state index contributed by atoms with van der Waals surface area (Å²) in [7, 11) is 0. The molecule has 0 saturated carbocycles. The molecule has 0 fully saturated rings. The van der Waals surface area contributed by atoms with Crippen molar-refractivity contribution >= 4 is 0 Å². The molecular formula is C9H16O2. The minimum Gasteiger partial charge on any atom is -0.396 e. The molecule has 1 aliphatic carbocycles. The maximum atomic E-state index is 9.12. The van der Waals surface area contributed by atoms with Crippen molar-refractivity contribution in [2.45, 2.75) is 19.8 Å². The molecule has 1 aliphatic rings. The van der Waals surface area contributed by atoms with Gasteiger partial charge in [-0.2, -0.15) is 0 Å². The Bertz CT molecular complexity index is 148. The molecule has 0 amide bonds. The van der Waals surface area contributed by atoms with Gasteiger partial charge >= 0.3 is 0 Å². The Kier molecular flexibility index (Phi) is 2.68. The van der Waals surface area contributed by atoms with Crippen LogP contribution < -0.4 is 0 Å². The standard InChI is InChI=1S/C9H16O2/c1-8-4-2-3-5-9(8,6-10)7-11/h2-3,8,10-11H,4-7H2,1H3/t8-/m0/s1. The zero-order chi connectivity index (χ0) is 8.32. The summed E-state index contributed by atoms with van der Waals surface area (Å²) in [4.78, 5) is 0. The third kappa shape index (κ3) is 1.47. The Morgan fingerprint density at radius 3 is 2.36 bits per heavy atom. The van der Waals surface area contributed by atoms with Crippen LogP contribution in [0, 0.1) is 11.3 Å². The van der Waals surface area contributed by atoms with Gasteiger partial charge in [-0.3, -0.25) is 0 Å². The first kappa shape index (κ1) is 8.75. The molecule has 1 rings (SSSR count). The molecule has 0 radical (unpaired) electrons. The first-order chi connectivity index (χ1) is 5.25. The molecule has 2 N–H and O–H groups in total. The second-order valence-corrected chi connectivity index (χ2v) is 3.49.